The summed E-state index contributed by atoms with van der Waals surface area (Å²) in [7, 11) is 0. The van der Waals surface area contributed by atoms with E-state index in [0.29, 0.717) is 12.5 Å². The van der Waals surface area contributed by atoms with Crippen LogP contribution in [0, 0.1) is 11.7 Å². The number of hydrogen-bond donors (Lipinski definition) is 1. The molecule has 1 aromatic rings. The zero-order valence-electron chi connectivity index (χ0n) is 12.9. The molecule has 1 aliphatic rings. The molecule has 1 N–H and O–H groups in total. The first-order valence-electron chi connectivity index (χ1n) is 7.42. The summed E-state index contributed by atoms with van der Waals surface area (Å²) in [4.78, 5) is 25.1. The van der Waals surface area contributed by atoms with E-state index in [-0.39, 0.29) is 31.7 Å². The Bertz CT molecular complexity index is 617. The number of aliphatic hydroxyl groups is 1. The van der Waals surface area contributed by atoms with E-state index >= 15 is 0 Å². The van der Waals surface area contributed by atoms with Crippen LogP contribution in [0.25, 0.3) is 0 Å². The van der Waals surface area contributed by atoms with E-state index in [2.05, 4.69) is 0 Å². The Hall–Kier alpha value is -1.96. The number of likely N-dealkylation sites (tertiary alicyclic amines) is 1. The van der Waals surface area contributed by atoms with E-state index in [1.807, 2.05) is 0 Å². The van der Waals surface area contributed by atoms with Gasteiger partial charge in [-0.3, -0.25) is 9.59 Å². The Balaban J connectivity index is 2.00. The highest BCUT2D eigenvalue weighted by Crippen LogP contribution is 2.33. The summed E-state index contributed by atoms with van der Waals surface area (Å²) in [5.41, 5.74) is -3.12. The number of rotatable bonds is 3. The Morgan fingerprint density at radius 3 is 2.08 bits per heavy atom. The topological polar surface area (TPSA) is 57.6 Å². The van der Waals surface area contributed by atoms with Gasteiger partial charge in [0, 0.05) is 24.6 Å². The average molecular weight is 347 g/mol. The molecular formula is C16H17F4NO3. The molecule has 1 amide bonds. The van der Waals surface area contributed by atoms with Crippen molar-refractivity contribution in [1.82, 2.24) is 4.90 Å². The van der Waals surface area contributed by atoms with Crippen LogP contribution in [0.5, 0.6) is 0 Å². The lowest BCUT2D eigenvalue weighted by molar-refractivity contribution is -0.250. The maximum Gasteiger partial charge on any atom is 0.426 e. The lowest BCUT2D eigenvalue weighted by atomic mass is 9.88. The molecular weight excluding hydrogens is 330 g/mol. The summed E-state index contributed by atoms with van der Waals surface area (Å²) in [6.45, 7) is 0.316. The minimum Gasteiger partial charge on any atom is -0.373 e. The number of nitrogens with zero attached hydrogens (tertiary/aromatic N) is 1. The summed E-state index contributed by atoms with van der Waals surface area (Å²) >= 11 is 0. The highest BCUT2D eigenvalue weighted by atomic mass is 19.4. The van der Waals surface area contributed by atoms with Gasteiger partial charge in [0.25, 0.3) is 5.91 Å². The molecule has 132 valence electrons. The van der Waals surface area contributed by atoms with Crippen LogP contribution in [-0.2, 0) is 4.79 Å². The molecule has 4 nitrogen and oxygen atoms in total. The van der Waals surface area contributed by atoms with Crippen molar-refractivity contribution in [1.29, 1.82) is 0 Å². The molecule has 1 saturated heterocycles. The highest BCUT2D eigenvalue weighted by molar-refractivity contribution is 5.98. The predicted octanol–water partition coefficient (Wildman–Crippen LogP) is 2.56. The number of carbonyl (C=O) groups excluding carboxylic acids is 2. The van der Waals surface area contributed by atoms with Gasteiger partial charge in [0.1, 0.15) is 5.82 Å². The van der Waals surface area contributed by atoms with Gasteiger partial charge in [-0.2, -0.15) is 13.2 Å². The van der Waals surface area contributed by atoms with E-state index in [1.165, 1.54) is 12.1 Å². The predicted molar refractivity (Wildman–Crippen MR) is 76.7 cm³/mol. The van der Waals surface area contributed by atoms with E-state index in [4.69, 9.17) is 0 Å². The number of carbonyl (C=O) groups is 2. The van der Waals surface area contributed by atoms with Crippen LogP contribution in [0.2, 0.25) is 0 Å². The van der Waals surface area contributed by atoms with Gasteiger partial charge in [-0.25, -0.2) is 4.39 Å². The van der Waals surface area contributed by atoms with Crippen LogP contribution >= 0.6 is 0 Å². The molecule has 0 saturated carbocycles. The molecule has 2 rings (SSSR count). The van der Waals surface area contributed by atoms with Crippen molar-refractivity contribution >= 4 is 11.7 Å². The SMILES string of the molecule is C[C@@](O)(C(=O)N1CCC(C(=O)c2ccc(F)cc2)CC1)C(F)(F)F. The van der Waals surface area contributed by atoms with Gasteiger partial charge in [0.05, 0.1) is 0 Å². The first-order valence-corrected chi connectivity index (χ1v) is 7.42. The van der Waals surface area contributed by atoms with Crippen LogP contribution in [-0.4, -0.2) is 46.6 Å². The Kier molecular flexibility index (Phi) is 4.98. The second kappa shape index (κ2) is 6.51. The quantitative estimate of drug-likeness (QED) is 0.675. The average Bonchev–Trinajstić information content (AvgIpc) is 2.53. The van der Waals surface area contributed by atoms with Crippen LogP contribution in [0.3, 0.4) is 0 Å². The summed E-state index contributed by atoms with van der Waals surface area (Å²) in [5.74, 6) is -2.57. The van der Waals surface area contributed by atoms with E-state index in [0.717, 1.165) is 17.0 Å². The molecule has 1 atom stereocenters. The Morgan fingerprint density at radius 2 is 1.62 bits per heavy atom. The molecule has 1 aliphatic heterocycles. The van der Waals surface area contributed by atoms with Crippen molar-refractivity contribution in [2.24, 2.45) is 5.92 Å². The van der Waals surface area contributed by atoms with Crippen molar-refractivity contribution in [2.75, 3.05) is 13.1 Å². The summed E-state index contributed by atoms with van der Waals surface area (Å²) < 4.78 is 51.0. The molecule has 1 heterocycles. The van der Waals surface area contributed by atoms with Crippen molar-refractivity contribution in [3.8, 4) is 0 Å². The second-order valence-electron chi connectivity index (χ2n) is 6.01. The van der Waals surface area contributed by atoms with E-state index < -0.39 is 29.4 Å². The molecule has 1 aromatic carbocycles. The molecule has 8 heteroatoms. The number of amides is 1. The Labute approximate surface area is 136 Å². The smallest absolute Gasteiger partial charge is 0.373 e. The maximum atomic E-state index is 12.9. The first-order chi connectivity index (χ1) is 11.0. The number of ketones is 1. The fourth-order valence-corrected chi connectivity index (χ4v) is 2.62. The van der Waals surface area contributed by atoms with E-state index in [9.17, 15) is 32.3 Å². The van der Waals surface area contributed by atoms with Crippen molar-refractivity contribution < 1.29 is 32.3 Å². The number of alkyl halides is 3. The fraction of sp³-hybridized carbons (Fsp3) is 0.500. The van der Waals surface area contributed by atoms with Gasteiger partial charge in [-0.1, -0.05) is 0 Å². The number of halogens is 4. The van der Waals surface area contributed by atoms with Gasteiger partial charge in [0.15, 0.2) is 5.78 Å². The minimum atomic E-state index is -5.06. The van der Waals surface area contributed by atoms with Gasteiger partial charge in [-0.05, 0) is 44.0 Å². The first kappa shape index (κ1) is 18.4. The monoisotopic (exact) mass is 347 g/mol. The standard InChI is InChI=1S/C16H17F4NO3/c1-15(24,16(18,19)20)14(23)21-8-6-11(7-9-21)13(22)10-2-4-12(17)5-3-10/h2-5,11,24H,6-9H2,1H3/t15-/m1/s1. The molecule has 24 heavy (non-hydrogen) atoms. The third-order valence-corrected chi connectivity index (χ3v) is 4.25. The van der Waals surface area contributed by atoms with Gasteiger partial charge >= 0.3 is 6.18 Å². The summed E-state index contributed by atoms with van der Waals surface area (Å²) in [6.07, 6.45) is -4.68. The lowest BCUT2D eigenvalue weighted by Gasteiger charge is -2.36. The lowest BCUT2D eigenvalue weighted by Crippen LogP contribution is -2.57. The molecule has 0 aromatic heterocycles. The normalized spacial score (nSPS) is 19.0. The molecule has 0 bridgehead atoms. The molecule has 0 unspecified atom stereocenters. The molecule has 0 aliphatic carbocycles. The van der Waals surface area contributed by atoms with Crippen LogP contribution in [0.4, 0.5) is 17.6 Å². The van der Waals surface area contributed by atoms with Crippen molar-refractivity contribution in [2.45, 2.75) is 31.5 Å². The van der Waals surface area contributed by atoms with Crippen molar-refractivity contribution in [3.05, 3.63) is 35.6 Å². The zero-order valence-corrected chi connectivity index (χ0v) is 12.9. The van der Waals surface area contributed by atoms with Crippen LogP contribution in [0.15, 0.2) is 24.3 Å². The van der Waals surface area contributed by atoms with E-state index in [1.54, 1.807) is 0 Å². The number of benzene rings is 1. The Morgan fingerprint density at radius 1 is 1.12 bits per heavy atom. The summed E-state index contributed by atoms with van der Waals surface area (Å²) in [6, 6.07) is 5.02. The van der Waals surface area contributed by atoms with Gasteiger partial charge in [0.2, 0.25) is 5.60 Å². The maximum absolute atomic E-state index is 12.9. The fourth-order valence-electron chi connectivity index (χ4n) is 2.62. The summed E-state index contributed by atoms with van der Waals surface area (Å²) in [5, 5.41) is 9.43. The minimum absolute atomic E-state index is 0.0529. The zero-order chi connectivity index (χ0) is 18.1. The number of Topliss-reactive ketones (excluding diaryl/α,β-unsaturated/α-hetero) is 1. The third kappa shape index (κ3) is 3.58. The van der Waals surface area contributed by atoms with Gasteiger partial charge < -0.3 is 10.0 Å². The van der Waals surface area contributed by atoms with Crippen molar-refractivity contribution in [3.63, 3.8) is 0 Å². The molecule has 0 radical (unpaired) electrons. The van der Waals surface area contributed by atoms with Crippen LogP contribution in [0.1, 0.15) is 30.1 Å². The van der Waals surface area contributed by atoms with Gasteiger partial charge in [-0.15, -0.1) is 0 Å². The third-order valence-electron chi connectivity index (χ3n) is 4.25. The van der Waals surface area contributed by atoms with Crippen LogP contribution < -0.4 is 0 Å². The number of piperidine rings is 1. The second-order valence-corrected chi connectivity index (χ2v) is 6.01. The largest absolute Gasteiger partial charge is 0.426 e. The molecule has 0 spiro atoms. The molecule has 1 fully saturated rings. The number of hydrogen-bond acceptors (Lipinski definition) is 3. The highest BCUT2D eigenvalue weighted by Gasteiger charge is 2.57.